The average molecular weight is 286 g/mol. The zero-order valence-corrected chi connectivity index (χ0v) is 12.8. The zero-order chi connectivity index (χ0) is 15.2. The summed E-state index contributed by atoms with van der Waals surface area (Å²) < 4.78 is 1.86. The molecule has 1 aromatic carbocycles. The molecule has 2 rings (SSSR count). The number of nitrogens with zero attached hydrogens (tertiary/aromatic N) is 3. The second-order valence-electron chi connectivity index (χ2n) is 5.30. The first kappa shape index (κ1) is 15.3. The number of hydrogen-bond acceptors (Lipinski definition) is 3. The predicted molar refractivity (Wildman–Crippen MR) is 84.3 cm³/mol. The molecule has 0 atom stereocenters. The van der Waals surface area contributed by atoms with Crippen molar-refractivity contribution < 1.29 is 4.79 Å². The van der Waals surface area contributed by atoms with Crippen LogP contribution in [-0.2, 0) is 11.3 Å². The molecule has 0 bridgehead atoms. The highest BCUT2D eigenvalue weighted by Gasteiger charge is 2.09. The first-order valence-corrected chi connectivity index (χ1v) is 7.08. The molecule has 0 fully saturated rings. The van der Waals surface area contributed by atoms with Crippen LogP contribution in [-0.4, -0.2) is 40.7 Å². The van der Waals surface area contributed by atoms with Crippen molar-refractivity contribution in [2.45, 2.75) is 20.4 Å². The summed E-state index contributed by atoms with van der Waals surface area (Å²) in [5.41, 5.74) is 3.19. The van der Waals surface area contributed by atoms with Crippen LogP contribution in [0.1, 0.15) is 11.1 Å². The highest BCUT2D eigenvalue weighted by atomic mass is 16.2. The van der Waals surface area contributed by atoms with E-state index < -0.39 is 0 Å². The van der Waals surface area contributed by atoms with Crippen molar-refractivity contribution in [3.8, 4) is 0 Å². The number of aromatic nitrogens is 2. The molecule has 0 unspecified atom stereocenters. The maximum Gasteiger partial charge on any atom is 0.238 e. The van der Waals surface area contributed by atoms with Gasteiger partial charge in [-0.1, -0.05) is 12.1 Å². The van der Waals surface area contributed by atoms with Crippen molar-refractivity contribution in [1.29, 1.82) is 0 Å². The zero-order valence-electron chi connectivity index (χ0n) is 12.8. The lowest BCUT2D eigenvalue weighted by molar-refractivity contribution is -0.117. The van der Waals surface area contributed by atoms with Crippen LogP contribution >= 0.6 is 0 Å². The molecule has 5 heteroatoms. The van der Waals surface area contributed by atoms with E-state index in [9.17, 15) is 4.79 Å². The third-order valence-electron chi connectivity index (χ3n) is 3.56. The normalized spacial score (nSPS) is 10.9. The molecule has 1 N–H and O–H groups in total. The molecular formula is C16H22N4O. The van der Waals surface area contributed by atoms with Gasteiger partial charge in [-0.3, -0.25) is 14.4 Å². The molecule has 21 heavy (non-hydrogen) atoms. The molecule has 1 heterocycles. The lowest BCUT2D eigenvalue weighted by Crippen LogP contribution is -2.32. The Labute approximate surface area is 125 Å². The number of carbonyl (C=O) groups is 1. The molecule has 1 amide bonds. The van der Waals surface area contributed by atoms with Gasteiger partial charge in [-0.2, -0.15) is 5.10 Å². The van der Waals surface area contributed by atoms with Crippen LogP contribution in [0.2, 0.25) is 0 Å². The Morgan fingerprint density at radius 3 is 2.86 bits per heavy atom. The number of aryl methyl sites for hydroxylation is 1. The van der Waals surface area contributed by atoms with Crippen LogP contribution in [0.5, 0.6) is 0 Å². The molecule has 0 saturated carbocycles. The molecule has 2 aromatic rings. The van der Waals surface area contributed by atoms with Crippen LogP contribution in [0.3, 0.4) is 0 Å². The van der Waals surface area contributed by atoms with Gasteiger partial charge in [0.1, 0.15) is 0 Å². The van der Waals surface area contributed by atoms with E-state index in [1.807, 2.05) is 60.9 Å². The summed E-state index contributed by atoms with van der Waals surface area (Å²) in [5.74, 6) is 0.00617. The minimum Gasteiger partial charge on any atom is -0.325 e. The van der Waals surface area contributed by atoms with Gasteiger partial charge in [-0.15, -0.1) is 0 Å². The molecule has 0 spiro atoms. The van der Waals surface area contributed by atoms with Gasteiger partial charge in [-0.25, -0.2) is 0 Å². The standard InChI is InChI=1S/C16H22N4O/c1-13-6-4-7-15(14(13)2)18-16(21)12-19(3)10-11-20-9-5-8-17-20/h4-9H,10-12H2,1-3H3,(H,18,21). The van der Waals surface area contributed by atoms with Crippen LogP contribution in [0.25, 0.3) is 0 Å². The lowest BCUT2D eigenvalue weighted by Gasteiger charge is -2.17. The molecule has 0 aliphatic rings. The number of nitrogens with one attached hydrogen (secondary N) is 1. The molecule has 0 saturated heterocycles. The Morgan fingerprint density at radius 1 is 1.33 bits per heavy atom. The van der Waals surface area contributed by atoms with Crippen LogP contribution in [0, 0.1) is 13.8 Å². The van der Waals surface area contributed by atoms with Gasteiger partial charge in [0.15, 0.2) is 0 Å². The van der Waals surface area contributed by atoms with E-state index in [1.165, 1.54) is 5.56 Å². The maximum absolute atomic E-state index is 12.1. The lowest BCUT2D eigenvalue weighted by atomic mass is 10.1. The summed E-state index contributed by atoms with van der Waals surface area (Å²) in [6, 6.07) is 7.83. The molecule has 112 valence electrons. The fourth-order valence-electron chi connectivity index (χ4n) is 2.11. The van der Waals surface area contributed by atoms with Gasteiger partial charge in [0.2, 0.25) is 5.91 Å². The monoisotopic (exact) mass is 286 g/mol. The topological polar surface area (TPSA) is 50.2 Å². The van der Waals surface area contributed by atoms with Crippen LogP contribution in [0.4, 0.5) is 5.69 Å². The van der Waals surface area contributed by atoms with E-state index in [1.54, 1.807) is 6.20 Å². The number of carbonyl (C=O) groups excluding carboxylic acids is 1. The van der Waals surface area contributed by atoms with Gasteiger partial charge in [-0.05, 0) is 44.2 Å². The smallest absolute Gasteiger partial charge is 0.238 e. The van der Waals surface area contributed by atoms with E-state index in [4.69, 9.17) is 0 Å². The van der Waals surface area contributed by atoms with Crippen molar-refractivity contribution >= 4 is 11.6 Å². The summed E-state index contributed by atoms with van der Waals surface area (Å²) in [4.78, 5) is 14.1. The highest BCUT2D eigenvalue weighted by molar-refractivity contribution is 5.93. The van der Waals surface area contributed by atoms with Crippen molar-refractivity contribution in [3.05, 3.63) is 47.8 Å². The minimum absolute atomic E-state index is 0.00617. The second kappa shape index (κ2) is 7.04. The molecule has 0 aliphatic carbocycles. The van der Waals surface area contributed by atoms with E-state index in [-0.39, 0.29) is 5.91 Å². The van der Waals surface area contributed by atoms with Crippen molar-refractivity contribution in [3.63, 3.8) is 0 Å². The van der Waals surface area contributed by atoms with E-state index in [2.05, 4.69) is 10.4 Å². The number of amides is 1. The molecule has 0 radical (unpaired) electrons. The molecule has 0 aliphatic heterocycles. The fourth-order valence-corrected chi connectivity index (χ4v) is 2.11. The Morgan fingerprint density at radius 2 is 2.14 bits per heavy atom. The van der Waals surface area contributed by atoms with E-state index in [0.717, 1.165) is 24.3 Å². The first-order chi connectivity index (χ1) is 10.1. The molecule has 5 nitrogen and oxygen atoms in total. The van der Waals surface area contributed by atoms with Crippen LogP contribution in [0.15, 0.2) is 36.7 Å². The number of likely N-dealkylation sites (N-methyl/N-ethyl adjacent to an activating group) is 1. The summed E-state index contributed by atoms with van der Waals surface area (Å²) in [5, 5.41) is 7.12. The van der Waals surface area contributed by atoms with Crippen molar-refractivity contribution in [2.75, 3.05) is 25.5 Å². The quantitative estimate of drug-likeness (QED) is 0.884. The SMILES string of the molecule is Cc1cccc(NC(=O)CN(C)CCn2cccn2)c1C. The van der Waals surface area contributed by atoms with Crippen LogP contribution < -0.4 is 5.32 Å². The van der Waals surface area contributed by atoms with Gasteiger partial charge in [0.05, 0.1) is 13.1 Å². The third kappa shape index (κ3) is 4.43. The fraction of sp³-hybridized carbons (Fsp3) is 0.375. The largest absolute Gasteiger partial charge is 0.325 e. The van der Waals surface area contributed by atoms with Crippen molar-refractivity contribution in [2.24, 2.45) is 0 Å². The summed E-state index contributed by atoms with van der Waals surface area (Å²) in [6.07, 6.45) is 3.68. The Bertz CT molecular complexity index is 592. The molecular weight excluding hydrogens is 264 g/mol. The van der Waals surface area contributed by atoms with Crippen molar-refractivity contribution in [1.82, 2.24) is 14.7 Å². The average Bonchev–Trinajstić information content (AvgIpc) is 2.95. The second-order valence-corrected chi connectivity index (χ2v) is 5.30. The number of benzene rings is 1. The third-order valence-corrected chi connectivity index (χ3v) is 3.56. The Balaban J connectivity index is 1.82. The number of rotatable bonds is 6. The summed E-state index contributed by atoms with van der Waals surface area (Å²) in [7, 11) is 1.94. The van der Waals surface area contributed by atoms with Gasteiger partial charge >= 0.3 is 0 Å². The summed E-state index contributed by atoms with van der Waals surface area (Å²) >= 11 is 0. The Kier molecular flexibility index (Phi) is 5.11. The minimum atomic E-state index is 0.00617. The summed E-state index contributed by atoms with van der Waals surface area (Å²) in [6.45, 7) is 5.99. The van der Waals surface area contributed by atoms with Gasteiger partial charge < -0.3 is 5.32 Å². The first-order valence-electron chi connectivity index (χ1n) is 7.08. The maximum atomic E-state index is 12.1. The number of hydrogen-bond donors (Lipinski definition) is 1. The predicted octanol–water partition coefficient (Wildman–Crippen LogP) is 2.07. The van der Waals surface area contributed by atoms with E-state index in [0.29, 0.717) is 6.54 Å². The Hall–Kier alpha value is -2.14. The number of anilines is 1. The van der Waals surface area contributed by atoms with Gasteiger partial charge in [0.25, 0.3) is 0 Å². The van der Waals surface area contributed by atoms with Gasteiger partial charge in [0, 0.05) is 24.6 Å². The molecule has 1 aromatic heterocycles. The highest BCUT2D eigenvalue weighted by Crippen LogP contribution is 2.17. The van der Waals surface area contributed by atoms with E-state index >= 15 is 0 Å².